The van der Waals surface area contributed by atoms with Crippen LogP contribution in [0.5, 0.6) is 0 Å². The molecule has 10 heteroatoms. The van der Waals surface area contributed by atoms with Crippen molar-refractivity contribution in [2.75, 3.05) is 0 Å². The lowest BCUT2D eigenvalue weighted by atomic mass is 9.92. The minimum atomic E-state index is -2.02. The van der Waals surface area contributed by atoms with Gasteiger partial charge in [0.05, 0.1) is 23.8 Å². The molecular weight excluding hydrogens is 458 g/mol. The maximum atomic E-state index is 13.7. The van der Waals surface area contributed by atoms with Gasteiger partial charge in [-0.1, -0.05) is 12.1 Å². The number of aliphatic hydroxyl groups is 2. The van der Waals surface area contributed by atoms with Crippen LogP contribution in [0.25, 0.3) is 5.69 Å². The van der Waals surface area contributed by atoms with Gasteiger partial charge in [-0.25, -0.2) is 13.5 Å². The smallest absolute Gasteiger partial charge is 0.255 e. The fourth-order valence-electron chi connectivity index (χ4n) is 5.03. The first-order chi connectivity index (χ1) is 16.8. The number of hydrogen-bond acceptors (Lipinski definition) is 5. The second-order valence-corrected chi connectivity index (χ2v) is 8.91. The highest BCUT2D eigenvalue weighted by atomic mass is 19.2. The summed E-state index contributed by atoms with van der Waals surface area (Å²) < 4.78 is 29.2. The largest absolute Gasteiger partial charge is 0.380 e. The number of nitrogens with one attached hydrogen (secondary N) is 1. The third-order valence-corrected chi connectivity index (χ3v) is 6.83. The molecule has 4 unspecified atom stereocenters. The van der Waals surface area contributed by atoms with Crippen LogP contribution in [-0.4, -0.2) is 48.9 Å². The van der Waals surface area contributed by atoms with Crippen molar-refractivity contribution in [2.24, 2.45) is 0 Å². The van der Waals surface area contributed by atoms with Crippen LogP contribution in [0.2, 0.25) is 0 Å². The number of aromatic nitrogens is 2. The van der Waals surface area contributed by atoms with Crippen LogP contribution in [0.4, 0.5) is 8.78 Å². The number of carbonyl (C=O) groups excluding carboxylic acids is 2. The lowest BCUT2D eigenvalue weighted by molar-refractivity contribution is -0.155. The Labute approximate surface area is 199 Å². The second-order valence-electron chi connectivity index (χ2n) is 8.91. The molecular formula is C25H24F2N4O4. The molecule has 0 spiro atoms. The Balaban J connectivity index is 1.24. The van der Waals surface area contributed by atoms with E-state index in [1.54, 1.807) is 42.2 Å². The quantitative estimate of drug-likeness (QED) is 0.500. The molecule has 2 aliphatic heterocycles. The third kappa shape index (κ3) is 3.98. The van der Waals surface area contributed by atoms with E-state index in [9.17, 15) is 28.6 Å². The highest BCUT2D eigenvalue weighted by molar-refractivity contribution is 5.91. The van der Waals surface area contributed by atoms with Gasteiger partial charge in [0, 0.05) is 12.4 Å². The normalized spacial score (nSPS) is 20.9. The van der Waals surface area contributed by atoms with Gasteiger partial charge in [-0.05, 0) is 66.8 Å². The van der Waals surface area contributed by atoms with Gasteiger partial charge in [0.1, 0.15) is 0 Å². The van der Waals surface area contributed by atoms with Crippen molar-refractivity contribution < 1.29 is 28.6 Å². The van der Waals surface area contributed by atoms with Crippen molar-refractivity contribution in [1.29, 1.82) is 0 Å². The SMILES string of the molecule is CC(NC(=O)C(O)C(O)C(=O)N1C2CC[C@H]1c1cc(F)c(F)cc12)c1ccc(-n2cccn2)cc1. The molecule has 1 fully saturated rings. The van der Waals surface area contributed by atoms with Crippen molar-refractivity contribution in [2.45, 2.75) is 50.1 Å². The van der Waals surface area contributed by atoms with Gasteiger partial charge in [-0.2, -0.15) is 5.10 Å². The summed E-state index contributed by atoms with van der Waals surface area (Å²) in [5.41, 5.74) is 2.57. The Morgan fingerprint density at radius 2 is 1.63 bits per heavy atom. The van der Waals surface area contributed by atoms with Crippen LogP contribution in [0.3, 0.4) is 0 Å². The zero-order chi connectivity index (χ0) is 24.9. The summed E-state index contributed by atoms with van der Waals surface area (Å²) in [5, 5.41) is 27.7. The average Bonchev–Trinajstić information content (AvgIpc) is 3.59. The Hall–Kier alpha value is -3.63. The van der Waals surface area contributed by atoms with E-state index in [1.165, 1.54) is 4.90 Å². The Bertz CT molecular complexity index is 1230. The Kier molecular flexibility index (Phi) is 5.86. The number of amides is 2. The third-order valence-electron chi connectivity index (χ3n) is 6.83. The van der Waals surface area contributed by atoms with Crippen LogP contribution in [0, 0.1) is 11.6 Å². The molecule has 0 saturated carbocycles. The number of rotatable bonds is 6. The molecule has 2 aliphatic rings. The first-order valence-electron chi connectivity index (χ1n) is 11.3. The summed E-state index contributed by atoms with van der Waals surface area (Å²) >= 11 is 0. The predicted molar refractivity (Wildman–Crippen MR) is 120 cm³/mol. The summed E-state index contributed by atoms with van der Waals surface area (Å²) in [6.07, 6.45) is 0.478. The Morgan fingerprint density at radius 1 is 1.03 bits per heavy atom. The van der Waals surface area contributed by atoms with Crippen LogP contribution >= 0.6 is 0 Å². The van der Waals surface area contributed by atoms with E-state index in [2.05, 4.69) is 10.4 Å². The molecule has 3 aromatic rings. The van der Waals surface area contributed by atoms with Crippen molar-refractivity contribution in [3.05, 3.63) is 83.2 Å². The number of benzene rings is 2. The van der Waals surface area contributed by atoms with Gasteiger partial charge in [-0.15, -0.1) is 0 Å². The standard InChI is InChI=1S/C25H24F2N4O4/c1-13(14-3-5-15(6-4-14)30-10-2-9-28-30)29-24(34)22(32)23(33)25(35)31-20-7-8-21(31)17-12-19(27)18(26)11-16(17)20/h2-6,9-13,20-23,32-33H,7-8H2,1H3,(H,29,34)/t13?,20-,21?,22?,23?/m0/s1. The highest BCUT2D eigenvalue weighted by Crippen LogP contribution is 2.53. The molecule has 182 valence electrons. The molecule has 5 atom stereocenters. The molecule has 2 amide bonds. The minimum absolute atomic E-state index is 0.492. The summed E-state index contributed by atoms with van der Waals surface area (Å²) in [4.78, 5) is 27.0. The van der Waals surface area contributed by atoms with Crippen molar-refractivity contribution in [1.82, 2.24) is 20.0 Å². The van der Waals surface area contributed by atoms with E-state index in [-0.39, 0.29) is 0 Å². The number of aliphatic hydroxyl groups excluding tert-OH is 2. The first kappa shape index (κ1) is 23.1. The van der Waals surface area contributed by atoms with Gasteiger partial charge in [-0.3, -0.25) is 9.59 Å². The van der Waals surface area contributed by atoms with Gasteiger partial charge in [0.15, 0.2) is 23.8 Å². The second kappa shape index (κ2) is 8.86. The van der Waals surface area contributed by atoms with Crippen molar-refractivity contribution >= 4 is 11.8 Å². The molecule has 3 N–H and O–H groups in total. The van der Waals surface area contributed by atoms with E-state index in [1.807, 2.05) is 12.1 Å². The number of hydrogen-bond donors (Lipinski definition) is 3. The number of nitrogens with zero attached hydrogens (tertiary/aromatic N) is 3. The topological polar surface area (TPSA) is 108 Å². The lowest BCUT2D eigenvalue weighted by Crippen LogP contribution is -2.50. The number of fused-ring (bicyclic) bond motifs is 5. The van der Waals surface area contributed by atoms with E-state index < -0.39 is 53.8 Å². The maximum Gasteiger partial charge on any atom is 0.255 e. The lowest BCUT2D eigenvalue weighted by Gasteiger charge is -2.27. The van der Waals surface area contributed by atoms with Crippen molar-refractivity contribution in [3.63, 3.8) is 0 Å². The summed E-state index contributed by atoms with van der Waals surface area (Å²) in [6, 6.07) is 9.62. The summed E-state index contributed by atoms with van der Waals surface area (Å²) in [6.45, 7) is 1.71. The molecule has 1 aromatic heterocycles. The monoisotopic (exact) mass is 482 g/mol. The van der Waals surface area contributed by atoms with Crippen LogP contribution in [0.1, 0.15) is 54.6 Å². The van der Waals surface area contributed by atoms with Gasteiger partial charge >= 0.3 is 0 Å². The van der Waals surface area contributed by atoms with E-state index in [0.29, 0.717) is 24.0 Å². The van der Waals surface area contributed by atoms with Gasteiger partial charge in [0.2, 0.25) is 0 Å². The zero-order valence-electron chi connectivity index (χ0n) is 18.8. The fourth-order valence-corrected chi connectivity index (χ4v) is 5.03. The van der Waals surface area contributed by atoms with Crippen LogP contribution in [0.15, 0.2) is 54.9 Å². The number of carbonyl (C=O) groups is 2. The average molecular weight is 482 g/mol. The summed E-state index contributed by atoms with van der Waals surface area (Å²) in [7, 11) is 0. The minimum Gasteiger partial charge on any atom is -0.380 e. The number of halogens is 2. The van der Waals surface area contributed by atoms with Gasteiger partial charge < -0.3 is 20.4 Å². The van der Waals surface area contributed by atoms with Crippen LogP contribution < -0.4 is 5.32 Å². The van der Waals surface area contributed by atoms with E-state index >= 15 is 0 Å². The predicted octanol–water partition coefficient (Wildman–Crippen LogP) is 2.47. The molecule has 3 heterocycles. The molecule has 0 aliphatic carbocycles. The van der Waals surface area contributed by atoms with E-state index in [4.69, 9.17) is 0 Å². The fraction of sp³-hybridized carbons (Fsp3) is 0.320. The molecule has 1 saturated heterocycles. The van der Waals surface area contributed by atoms with E-state index in [0.717, 1.165) is 23.4 Å². The zero-order valence-corrected chi connectivity index (χ0v) is 18.8. The molecule has 0 radical (unpaired) electrons. The maximum absolute atomic E-state index is 13.7. The molecule has 5 rings (SSSR count). The molecule has 8 nitrogen and oxygen atoms in total. The van der Waals surface area contributed by atoms with Crippen LogP contribution in [-0.2, 0) is 9.59 Å². The summed E-state index contributed by atoms with van der Waals surface area (Å²) in [5.74, 6) is -3.77. The highest BCUT2D eigenvalue weighted by Gasteiger charge is 2.49. The Morgan fingerprint density at radius 3 is 2.17 bits per heavy atom. The molecule has 2 aromatic carbocycles. The molecule has 35 heavy (non-hydrogen) atoms. The van der Waals surface area contributed by atoms with Gasteiger partial charge in [0.25, 0.3) is 11.8 Å². The van der Waals surface area contributed by atoms with Crippen molar-refractivity contribution in [3.8, 4) is 5.69 Å². The molecule has 2 bridgehead atoms. The first-order valence-corrected chi connectivity index (χ1v) is 11.3.